The summed E-state index contributed by atoms with van der Waals surface area (Å²) >= 11 is 0. The standard InChI is InChI=1S/C15H20N6O/c22-15(12-5-6-16-14-13(12)17-19-18-14)21-9-3-4-11(21)10-20-7-1-2-8-20/h5-6,11H,1-4,7-10H2,(H,16,17,18,19). The highest BCUT2D eigenvalue weighted by atomic mass is 16.2. The molecule has 4 rings (SSSR count). The van der Waals surface area contributed by atoms with Crippen LogP contribution in [-0.2, 0) is 0 Å². The van der Waals surface area contributed by atoms with Gasteiger partial charge < -0.3 is 9.80 Å². The minimum absolute atomic E-state index is 0.0583. The Morgan fingerprint density at radius 2 is 2.09 bits per heavy atom. The van der Waals surface area contributed by atoms with Crippen molar-refractivity contribution in [3.63, 3.8) is 0 Å². The summed E-state index contributed by atoms with van der Waals surface area (Å²) in [6.45, 7) is 4.17. The van der Waals surface area contributed by atoms with Gasteiger partial charge in [0.25, 0.3) is 5.91 Å². The van der Waals surface area contributed by atoms with Crippen LogP contribution in [0.4, 0.5) is 0 Å². The Hall–Kier alpha value is -2.02. The lowest BCUT2D eigenvalue weighted by Crippen LogP contribution is -2.42. The molecule has 22 heavy (non-hydrogen) atoms. The van der Waals surface area contributed by atoms with Gasteiger partial charge in [-0.2, -0.15) is 10.3 Å². The van der Waals surface area contributed by atoms with E-state index in [0.717, 1.165) is 25.9 Å². The molecule has 0 aliphatic carbocycles. The monoisotopic (exact) mass is 300 g/mol. The predicted octanol–water partition coefficient (Wildman–Crippen LogP) is 1.05. The molecule has 2 aromatic heterocycles. The molecule has 2 aliphatic rings. The Balaban J connectivity index is 1.57. The molecule has 2 aromatic rings. The molecule has 2 saturated heterocycles. The van der Waals surface area contributed by atoms with Gasteiger partial charge in [-0.05, 0) is 44.8 Å². The molecule has 1 N–H and O–H groups in total. The van der Waals surface area contributed by atoms with Gasteiger partial charge >= 0.3 is 0 Å². The van der Waals surface area contributed by atoms with E-state index in [1.807, 2.05) is 4.90 Å². The van der Waals surface area contributed by atoms with E-state index in [4.69, 9.17) is 0 Å². The number of hydrogen-bond donors (Lipinski definition) is 1. The van der Waals surface area contributed by atoms with Crippen LogP contribution in [-0.4, -0.2) is 68.3 Å². The van der Waals surface area contributed by atoms with Crippen LogP contribution in [0.25, 0.3) is 11.2 Å². The predicted molar refractivity (Wildman–Crippen MR) is 81.4 cm³/mol. The van der Waals surface area contributed by atoms with Crippen molar-refractivity contribution >= 4 is 17.1 Å². The molecule has 116 valence electrons. The zero-order chi connectivity index (χ0) is 14.9. The molecule has 0 bridgehead atoms. The topological polar surface area (TPSA) is 78.0 Å². The number of pyridine rings is 1. The van der Waals surface area contributed by atoms with E-state index in [0.29, 0.717) is 22.8 Å². The highest BCUT2D eigenvalue weighted by Gasteiger charge is 2.32. The molecule has 2 fully saturated rings. The van der Waals surface area contributed by atoms with E-state index in [2.05, 4.69) is 25.3 Å². The number of rotatable bonds is 3. The summed E-state index contributed by atoms with van der Waals surface area (Å²) in [5.41, 5.74) is 1.67. The van der Waals surface area contributed by atoms with Crippen LogP contribution >= 0.6 is 0 Å². The third-order valence-electron chi connectivity index (χ3n) is 4.76. The lowest BCUT2D eigenvalue weighted by atomic mass is 10.1. The van der Waals surface area contributed by atoms with E-state index in [9.17, 15) is 4.79 Å². The molecule has 1 unspecified atom stereocenters. The second-order valence-electron chi connectivity index (χ2n) is 6.16. The Morgan fingerprint density at radius 3 is 2.95 bits per heavy atom. The van der Waals surface area contributed by atoms with Gasteiger partial charge in [-0.3, -0.25) is 4.79 Å². The number of likely N-dealkylation sites (tertiary alicyclic amines) is 2. The fourth-order valence-electron chi connectivity index (χ4n) is 3.64. The average Bonchev–Trinajstić information content (AvgIpc) is 3.27. The molecule has 0 aromatic carbocycles. The first-order valence-corrected chi connectivity index (χ1v) is 8.02. The molecule has 7 nitrogen and oxygen atoms in total. The second kappa shape index (κ2) is 5.64. The minimum atomic E-state index is 0.0583. The number of carbonyl (C=O) groups is 1. The number of fused-ring (bicyclic) bond motifs is 1. The molecule has 1 amide bonds. The number of hydrogen-bond acceptors (Lipinski definition) is 5. The summed E-state index contributed by atoms with van der Waals surface area (Å²) in [7, 11) is 0. The number of nitrogens with one attached hydrogen (secondary N) is 1. The lowest BCUT2D eigenvalue weighted by molar-refractivity contribution is 0.0710. The van der Waals surface area contributed by atoms with Gasteiger partial charge in [-0.15, -0.1) is 5.10 Å². The summed E-state index contributed by atoms with van der Waals surface area (Å²) in [6.07, 6.45) is 6.37. The van der Waals surface area contributed by atoms with Gasteiger partial charge in [0.15, 0.2) is 0 Å². The van der Waals surface area contributed by atoms with E-state index in [1.165, 1.54) is 25.9 Å². The average molecular weight is 300 g/mol. The largest absolute Gasteiger partial charge is 0.334 e. The van der Waals surface area contributed by atoms with Gasteiger partial charge in [0, 0.05) is 25.3 Å². The molecule has 1 atom stereocenters. The zero-order valence-corrected chi connectivity index (χ0v) is 12.5. The zero-order valence-electron chi connectivity index (χ0n) is 12.5. The Labute approximate surface area is 128 Å². The molecule has 0 saturated carbocycles. The Morgan fingerprint density at radius 1 is 1.23 bits per heavy atom. The molecular formula is C15H20N6O. The van der Waals surface area contributed by atoms with Crippen LogP contribution < -0.4 is 0 Å². The van der Waals surface area contributed by atoms with Crippen molar-refractivity contribution in [2.45, 2.75) is 31.7 Å². The number of aromatic amines is 1. The van der Waals surface area contributed by atoms with Crippen molar-refractivity contribution in [2.24, 2.45) is 0 Å². The van der Waals surface area contributed by atoms with Crippen molar-refractivity contribution in [1.82, 2.24) is 30.2 Å². The summed E-state index contributed by atoms with van der Waals surface area (Å²) < 4.78 is 0. The Bertz CT molecular complexity index is 677. The number of H-pyrrole nitrogens is 1. The molecule has 7 heteroatoms. The maximum Gasteiger partial charge on any atom is 0.256 e. The fourth-order valence-corrected chi connectivity index (χ4v) is 3.64. The highest BCUT2D eigenvalue weighted by Crippen LogP contribution is 2.24. The van der Waals surface area contributed by atoms with Crippen molar-refractivity contribution < 1.29 is 4.79 Å². The van der Waals surface area contributed by atoms with Crippen molar-refractivity contribution in [1.29, 1.82) is 0 Å². The first kappa shape index (κ1) is 13.6. The van der Waals surface area contributed by atoms with Crippen LogP contribution in [0.1, 0.15) is 36.0 Å². The molecule has 2 aliphatic heterocycles. The van der Waals surface area contributed by atoms with Gasteiger partial charge in [-0.1, -0.05) is 0 Å². The normalized spacial score (nSPS) is 22.7. The van der Waals surface area contributed by atoms with E-state index in [-0.39, 0.29) is 5.91 Å². The first-order chi connectivity index (χ1) is 10.8. The maximum atomic E-state index is 12.9. The molecular weight excluding hydrogens is 280 g/mol. The van der Waals surface area contributed by atoms with Crippen LogP contribution in [0.2, 0.25) is 0 Å². The van der Waals surface area contributed by atoms with Crippen LogP contribution in [0.5, 0.6) is 0 Å². The second-order valence-corrected chi connectivity index (χ2v) is 6.16. The summed E-state index contributed by atoms with van der Waals surface area (Å²) in [5.74, 6) is 0.0583. The van der Waals surface area contributed by atoms with Gasteiger partial charge in [0.05, 0.1) is 5.56 Å². The number of amides is 1. The summed E-state index contributed by atoms with van der Waals surface area (Å²) in [6, 6.07) is 2.07. The fraction of sp³-hybridized carbons (Fsp3) is 0.600. The summed E-state index contributed by atoms with van der Waals surface area (Å²) in [5, 5.41) is 10.6. The summed E-state index contributed by atoms with van der Waals surface area (Å²) in [4.78, 5) is 21.6. The maximum absolute atomic E-state index is 12.9. The smallest absolute Gasteiger partial charge is 0.256 e. The van der Waals surface area contributed by atoms with E-state index in [1.54, 1.807) is 12.3 Å². The SMILES string of the molecule is O=C(c1ccnc2n[nH]nc12)N1CCCC1CN1CCCC1. The van der Waals surface area contributed by atoms with E-state index < -0.39 is 0 Å². The van der Waals surface area contributed by atoms with Gasteiger partial charge in [-0.25, -0.2) is 4.98 Å². The third kappa shape index (κ3) is 2.35. The van der Waals surface area contributed by atoms with Crippen molar-refractivity contribution in [3.8, 4) is 0 Å². The van der Waals surface area contributed by atoms with Crippen LogP contribution in [0.15, 0.2) is 12.3 Å². The number of aromatic nitrogens is 4. The number of nitrogens with zero attached hydrogens (tertiary/aromatic N) is 5. The van der Waals surface area contributed by atoms with Crippen molar-refractivity contribution in [2.75, 3.05) is 26.2 Å². The minimum Gasteiger partial charge on any atom is -0.334 e. The molecule has 0 spiro atoms. The first-order valence-electron chi connectivity index (χ1n) is 8.02. The van der Waals surface area contributed by atoms with Gasteiger partial charge in [0.2, 0.25) is 5.65 Å². The lowest BCUT2D eigenvalue weighted by Gasteiger charge is -2.28. The van der Waals surface area contributed by atoms with Crippen molar-refractivity contribution in [3.05, 3.63) is 17.8 Å². The van der Waals surface area contributed by atoms with Crippen LogP contribution in [0.3, 0.4) is 0 Å². The quantitative estimate of drug-likeness (QED) is 0.917. The Kier molecular flexibility index (Phi) is 3.49. The molecule has 4 heterocycles. The third-order valence-corrected chi connectivity index (χ3v) is 4.76. The van der Waals surface area contributed by atoms with Crippen LogP contribution in [0, 0.1) is 0 Å². The van der Waals surface area contributed by atoms with Gasteiger partial charge in [0.1, 0.15) is 5.52 Å². The van der Waals surface area contributed by atoms with E-state index >= 15 is 0 Å². The molecule has 0 radical (unpaired) electrons. The highest BCUT2D eigenvalue weighted by molar-refractivity contribution is 6.03. The number of carbonyl (C=O) groups excluding carboxylic acids is 1.